The van der Waals surface area contributed by atoms with Crippen molar-refractivity contribution in [2.75, 3.05) is 16.0 Å². The number of nitrogens with zero attached hydrogens (tertiary/aromatic N) is 3. The summed E-state index contributed by atoms with van der Waals surface area (Å²) in [5, 5.41) is 9.33. The van der Waals surface area contributed by atoms with Crippen LogP contribution in [0.5, 0.6) is 0 Å². The van der Waals surface area contributed by atoms with Gasteiger partial charge in [-0.2, -0.15) is 0 Å². The summed E-state index contributed by atoms with van der Waals surface area (Å²) < 4.78 is 0. The van der Waals surface area contributed by atoms with Gasteiger partial charge in [-0.1, -0.05) is 26.8 Å². The second kappa shape index (κ2) is 8.04. The number of rotatable bonds is 5. The van der Waals surface area contributed by atoms with Gasteiger partial charge in [-0.05, 0) is 43.3 Å². The van der Waals surface area contributed by atoms with Crippen LogP contribution in [0.3, 0.4) is 0 Å². The Morgan fingerprint density at radius 3 is 2.11 bits per heavy atom. The average molecular weight is 376 g/mol. The lowest BCUT2D eigenvalue weighted by molar-refractivity contribution is -0.123. The third-order valence-electron chi connectivity index (χ3n) is 3.86. The van der Waals surface area contributed by atoms with Gasteiger partial charge in [-0.15, -0.1) is 0 Å². The van der Waals surface area contributed by atoms with Crippen LogP contribution in [0.25, 0.3) is 0 Å². The number of pyridine rings is 1. The second-order valence-corrected chi connectivity index (χ2v) is 7.43. The van der Waals surface area contributed by atoms with Gasteiger partial charge in [0.25, 0.3) is 0 Å². The third kappa shape index (κ3) is 5.26. The first kappa shape index (κ1) is 19.3. The van der Waals surface area contributed by atoms with Crippen LogP contribution in [-0.4, -0.2) is 20.9 Å². The molecule has 0 saturated carbocycles. The van der Waals surface area contributed by atoms with Gasteiger partial charge in [0.2, 0.25) is 5.91 Å². The fourth-order valence-corrected chi connectivity index (χ4v) is 2.37. The highest BCUT2D eigenvalue weighted by Gasteiger charge is 2.20. The number of aromatic nitrogens is 3. The maximum Gasteiger partial charge on any atom is 0.229 e. The first-order chi connectivity index (χ1) is 13.3. The molecule has 0 saturated heterocycles. The number of amides is 1. The molecule has 3 aromatic rings. The molecule has 0 bridgehead atoms. The monoisotopic (exact) mass is 376 g/mol. The molecule has 0 fully saturated rings. The van der Waals surface area contributed by atoms with Gasteiger partial charge in [0, 0.05) is 29.1 Å². The van der Waals surface area contributed by atoms with E-state index in [2.05, 4.69) is 30.9 Å². The van der Waals surface area contributed by atoms with Crippen LogP contribution in [0.1, 0.15) is 26.6 Å². The number of hydrogen-bond acceptors (Lipinski definition) is 6. The Balaban J connectivity index is 1.70. The van der Waals surface area contributed by atoms with Crippen molar-refractivity contribution >= 4 is 34.7 Å². The van der Waals surface area contributed by atoms with Crippen LogP contribution >= 0.6 is 0 Å². The fraction of sp³-hybridized carbons (Fsp3) is 0.238. The molecule has 0 unspecified atom stereocenters. The highest BCUT2D eigenvalue weighted by atomic mass is 16.2. The van der Waals surface area contributed by atoms with Crippen molar-refractivity contribution in [1.82, 2.24) is 15.0 Å². The topological polar surface area (TPSA) is 91.8 Å². The molecule has 0 spiro atoms. The van der Waals surface area contributed by atoms with Crippen molar-refractivity contribution in [3.8, 4) is 0 Å². The maximum atomic E-state index is 12.1. The Morgan fingerprint density at radius 1 is 0.857 bits per heavy atom. The average Bonchev–Trinajstić information content (AvgIpc) is 2.63. The molecule has 0 aliphatic carbocycles. The first-order valence-electron chi connectivity index (χ1n) is 9.02. The molecule has 28 heavy (non-hydrogen) atoms. The Morgan fingerprint density at radius 2 is 1.50 bits per heavy atom. The molecule has 144 valence electrons. The zero-order valence-electron chi connectivity index (χ0n) is 16.4. The Bertz CT molecular complexity index is 949. The summed E-state index contributed by atoms with van der Waals surface area (Å²) >= 11 is 0. The second-order valence-electron chi connectivity index (χ2n) is 7.43. The Labute approximate surface area is 164 Å². The summed E-state index contributed by atoms with van der Waals surface area (Å²) in [5.41, 5.74) is 1.17. The summed E-state index contributed by atoms with van der Waals surface area (Å²) in [6.45, 7) is 7.48. The van der Waals surface area contributed by atoms with Gasteiger partial charge in [-0.3, -0.25) is 4.79 Å². The molecule has 3 N–H and O–H groups in total. The number of nitrogens with one attached hydrogen (secondary N) is 3. The minimum atomic E-state index is -0.438. The standard InChI is InChI=1S/C21H24N6O/c1-14-23-18(13-19(24-14)27-17-7-5-6-12-22-17)25-15-8-10-16(11-9-15)26-20(28)21(2,3)4/h5-13H,1-4H3,(H,26,28)(H2,22,23,24,25,27). The lowest BCUT2D eigenvalue weighted by atomic mass is 9.95. The number of carbonyl (C=O) groups excluding carboxylic acids is 1. The molecule has 0 atom stereocenters. The summed E-state index contributed by atoms with van der Waals surface area (Å²) in [6.07, 6.45) is 1.72. The van der Waals surface area contributed by atoms with Crippen molar-refractivity contribution in [2.45, 2.75) is 27.7 Å². The fourth-order valence-electron chi connectivity index (χ4n) is 2.37. The zero-order chi connectivity index (χ0) is 20.1. The van der Waals surface area contributed by atoms with Crippen LogP contribution in [0.4, 0.5) is 28.8 Å². The van der Waals surface area contributed by atoms with E-state index in [1.165, 1.54) is 0 Å². The predicted molar refractivity (Wildman–Crippen MR) is 112 cm³/mol. The van der Waals surface area contributed by atoms with Crippen molar-refractivity contribution in [3.63, 3.8) is 0 Å². The minimum Gasteiger partial charge on any atom is -0.340 e. The molecule has 7 nitrogen and oxygen atoms in total. The highest BCUT2D eigenvalue weighted by Crippen LogP contribution is 2.22. The molecule has 3 rings (SSSR count). The molecule has 2 heterocycles. The van der Waals surface area contributed by atoms with E-state index in [1.807, 2.05) is 76.2 Å². The summed E-state index contributed by atoms with van der Waals surface area (Å²) in [7, 11) is 0. The van der Waals surface area contributed by atoms with E-state index in [0.29, 0.717) is 23.3 Å². The van der Waals surface area contributed by atoms with Gasteiger partial charge >= 0.3 is 0 Å². The van der Waals surface area contributed by atoms with Crippen LogP contribution in [0.2, 0.25) is 0 Å². The number of anilines is 5. The number of aryl methyl sites for hydroxylation is 1. The van der Waals surface area contributed by atoms with Gasteiger partial charge in [0.05, 0.1) is 0 Å². The molecule has 0 radical (unpaired) electrons. The van der Waals surface area contributed by atoms with Crippen molar-refractivity contribution in [1.29, 1.82) is 0 Å². The molecule has 1 aromatic carbocycles. The zero-order valence-corrected chi connectivity index (χ0v) is 16.4. The van der Waals surface area contributed by atoms with Gasteiger partial charge in [0.15, 0.2) is 0 Å². The quantitative estimate of drug-likeness (QED) is 0.600. The van der Waals surface area contributed by atoms with E-state index < -0.39 is 5.41 Å². The van der Waals surface area contributed by atoms with E-state index in [4.69, 9.17) is 0 Å². The van der Waals surface area contributed by atoms with Gasteiger partial charge < -0.3 is 16.0 Å². The normalized spacial score (nSPS) is 11.0. The van der Waals surface area contributed by atoms with E-state index in [1.54, 1.807) is 6.20 Å². The van der Waals surface area contributed by atoms with E-state index in [-0.39, 0.29) is 5.91 Å². The molecule has 1 amide bonds. The SMILES string of the molecule is Cc1nc(Nc2ccc(NC(=O)C(C)(C)C)cc2)cc(Nc2ccccn2)n1. The highest BCUT2D eigenvalue weighted by molar-refractivity contribution is 5.94. The lowest BCUT2D eigenvalue weighted by Crippen LogP contribution is -2.27. The largest absolute Gasteiger partial charge is 0.340 e. The summed E-state index contributed by atoms with van der Waals surface area (Å²) in [6, 6.07) is 14.9. The van der Waals surface area contributed by atoms with Crippen molar-refractivity contribution < 1.29 is 4.79 Å². The van der Waals surface area contributed by atoms with Crippen LogP contribution in [0, 0.1) is 12.3 Å². The molecule has 7 heteroatoms. The van der Waals surface area contributed by atoms with E-state index in [9.17, 15) is 4.79 Å². The summed E-state index contributed by atoms with van der Waals surface area (Å²) in [4.78, 5) is 25.1. The first-order valence-corrected chi connectivity index (χ1v) is 9.02. The van der Waals surface area contributed by atoms with E-state index >= 15 is 0 Å². The Hall–Kier alpha value is -3.48. The van der Waals surface area contributed by atoms with Crippen molar-refractivity contribution in [2.24, 2.45) is 5.41 Å². The smallest absolute Gasteiger partial charge is 0.229 e. The van der Waals surface area contributed by atoms with E-state index in [0.717, 1.165) is 11.4 Å². The summed E-state index contributed by atoms with van der Waals surface area (Å²) in [5.74, 6) is 2.65. The predicted octanol–water partition coefficient (Wildman–Crippen LogP) is 4.65. The Kier molecular flexibility index (Phi) is 5.54. The number of carbonyl (C=O) groups is 1. The molecule has 0 aliphatic heterocycles. The number of hydrogen-bond donors (Lipinski definition) is 3. The molecule has 0 aliphatic rings. The third-order valence-corrected chi connectivity index (χ3v) is 3.86. The van der Waals surface area contributed by atoms with Crippen LogP contribution < -0.4 is 16.0 Å². The van der Waals surface area contributed by atoms with Crippen LogP contribution in [0.15, 0.2) is 54.7 Å². The van der Waals surface area contributed by atoms with Crippen LogP contribution in [-0.2, 0) is 4.79 Å². The molecular formula is C21H24N6O. The van der Waals surface area contributed by atoms with Gasteiger partial charge in [-0.25, -0.2) is 15.0 Å². The van der Waals surface area contributed by atoms with Crippen molar-refractivity contribution in [3.05, 3.63) is 60.6 Å². The molecular weight excluding hydrogens is 352 g/mol. The van der Waals surface area contributed by atoms with Gasteiger partial charge in [0.1, 0.15) is 23.3 Å². The lowest BCUT2D eigenvalue weighted by Gasteiger charge is -2.17. The molecule has 2 aromatic heterocycles. The minimum absolute atomic E-state index is 0.0233. The maximum absolute atomic E-state index is 12.1. The number of benzene rings is 1.